The highest BCUT2D eigenvalue weighted by molar-refractivity contribution is 7.80. The van der Waals surface area contributed by atoms with Crippen LogP contribution >= 0.6 is 12.2 Å². The van der Waals surface area contributed by atoms with Crippen LogP contribution in [0.15, 0.2) is 47.7 Å². The van der Waals surface area contributed by atoms with Gasteiger partial charge in [-0.25, -0.2) is 0 Å². The number of phenols is 1. The predicted molar refractivity (Wildman–Crippen MR) is 116 cm³/mol. The summed E-state index contributed by atoms with van der Waals surface area (Å²) in [6, 6.07) is 11.3. The first-order valence-electron chi connectivity index (χ1n) is 9.55. The molecule has 2 aliphatic rings. The van der Waals surface area contributed by atoms with E-state index < -0.39 is 0 Å². The zero-order chi connectivity index (χ0) is 19.3. The third kappa shape index (κ3) is 4.17. The van der Waals surface area contributed by atoms with E-state index >= 15 is 0 Å². The Kier molecular flexibility index (Phi) is 5.57. The van der Waals surface area contributed by atoms with Crippen LogP contribution in [0.3, 0.4) is 0 Å². The summed E-state index contributed by atoms with van der Waals surface area (Å²) in [5.74, 6) is 0.290. The van der Waals surface area contributed by atoms with Crippen LogP contribution in [0.4, 0.5) is 11.4 Å². The van der Waals surface area contributed by atoms with Crippen molar-refractivity contribution in [2.75, 3.05) is 42.9 Å². The van der Waals surface area contributed by atoms with E-state index in [0.29, 0.717) is 10.9 Å². The van der Waals surface area contributed by atoms with E-state index in [1.54, 1.807) is 18.3 Å². The van der Waals surface area contributed by atoms with Crippen molar-refractivity contribution in [2.45, 2.75) is 12.8 Å². The maximum absolute atomic E-state index is 9.48. The van der Waals surface area contributed by atoms with E-state index in [0.717, 1.165) is 68.3 Å². The molecule has 0 bridgehead atoms. The van der Waals surface area contributed by atoms with E-state index in [1.165, 1.54) is 0 Å². The van der Waals surface area contributed by atoms with Crippen molar-refractivity contribution in [1.82, 2.24) is 15.3 Å². The molecule has 3 heterocycles. The summed E-state index contributed by atoms with van der Waals surface area (Å²) in [6.07, 6.45) is 3.61. The molecule has 146 valence electrons. The van der Waals surface area contributed by atoms with Gasteiger partial charge < -0.3 is 20.2 Å². The van der Waals surface area contributed by atoms with E-state index in [9.17, 15) is 5.11 Å². The average molecular weight is 397 g/mol. The van der Waals surface area contributed by atoms with Crippen molar-refractivity contribution in [3.05, 3.63) is 48.3 Å². The highest BCUT2D eigenvalue weighted by Crippen LogP contribution is 2.21. The molecule has 2 aromatic rings. The first kappa shape index (κ1) is 18.5. The Morgan fingerprint density at radius 2 is 2.00 bits per heavy atom. The molecule has 1 saturated heterocycles. The number of rotatable bonds is 2. The smallest absolute Gasteiger partial charge is 0.189 e. The van der Waals surface area contributed by atoms with Crippen molar-refractivity contribution in [1.29, 1.82) is 0 Å². The molecule has 1 aromatic heterocycles. The molecule has 2 aliphatic heterocycles. The molecular weight excluding hydrogens is 372 g/mol. The largest absolute Gasteiger partial charge is 0.508 e. The molecule has 0 saturated carbocycles. The fraction of sp³-hybridized carbons (Fsp3) is 0.350. The summed E-state index contributed by atoms with van der Waals surface area (Å²) < 4.78 is 0. The van der Waals surface area contributed by atoms with Crippen LogP contribution in [0.1, 0.15) is 18.5 Å². The second-order valence-electron chi connectivity index (χ2n) is 6.90. The molecule has 0 unspecified atom stereocenters. The zero-order valence-electron chi connectivity index (χ0n) is 15.6. The summed E-state index contributed by atoms with van der Waals surface area (Å²) >= 11 is 5.59. The van der Waals surface area contributed by atoms with Gasteiger partial charge in [0.25, 0.3) is 0 Å². The molecule has 4 rings (SSSR count). The molecule has 0 radical (unpaired) electrons. The third-order valence-corrected chi connectivity index (χ3v) is 5.39. The number of fused-ring (bicyclic) bond motifs is 1. The van der Waals surface area contributed by atoms with E-state index in [4.69, 9.17) is 12.2 Å². The van der Waals surface area contributed by atoms with Gasteiger partial charge in [-0.1, -0.05) is 0 Å². The Hall–Kier alpha value is -2.87. The standard InChI is InChI=1S/C20H24N6OS/c27-16-6-4-15(5-7-16)25-11-2-12-26(14-13-25)20(28)24-23-18-8-10-21-17-3-1-9-22-19(17)18/h1,3-7,9,21,27H,2,8,10-14H2,(H,24,28)/b23-18-. The number of hydrazone groups is 1. The number of thiocarbonyl (C=S) groups is 1. The minimum absolute atomic E-state index is 0.290. The molecule has 7 nitrogen and oxygen atoms in total. The molecular formula is C20H24N6OS. The maximum Gasteiger partial charge on any atom is 0.189 e. The number of pyridine rings is 1. The Morgan fingerprint density at radius 3 is 2.86 bits per heavy atom. The summed E-state index contributed by atoms with van der Waals surface area (Å²) in [5.41, 5.74) is 7.03. The van der Waals surface area contributed by atoms with Crippen molar-refractivity contribution >= 4 is 34.4 Å². The third-order valence-electron chi connectivity index (χ3n) is 5.04. The van der Waals surface area contributed by atoms with Crippen LogP contribution in [0.25, 0.3) is 0 Å². The number of nitrogens with zero attached hydrogens (tertiary/aromatic N) is 4. The number of hydrogen-bond donors (Lipinski definition) is 3. The van der Waals surface area contributed by atoms with Gasteiger partial charge in [-0.2, -0.15) is 5.10 Å². The van der Waals surface area contributed by atoms with E-state index in [-0.39, 0.29) is 0 Å². The number of aromatic nitrogens is 1. The quantitative estimate of drug-likeness (QED) is 0.532. The lowest BCUT2D eigenvalue weighted by molar-refractivity contribution is 0.441. The van der Waals surface area contributed by atoms with Gasteiger partial charge in [0.1, 0.15) is 11.4 Å². The summed E-state index contributed by atoms with van der Waals surface area (Å²) in [7, 11) is 0. The van der Waals surface area contributed by atoms with Gasteiger partial charge in [0.2, 0.25) is 0 Å². The lowest BCUT2D eigenvalue weighted by Crippen LogP contribution is -2.40. The monoisotopic (exact) mass is 396 g/mol. The van der Waals surface area contributed by atoms with Gasteiger partial charge in [-0.05, 0) is 55.0 Å². The molecule has 1 fully saturated rings. The molecule has 28 heavy (non-hydrogen) atoms. The van der Waals surface area contributed by atoms with E-state index in [2.05, 4.69) is 30.6 Å². The van der Waals surface area contributed by atoms with Crippen molar-refractivity contribution in [3.63, 3.8) is 0 Å². The predicted octanol–water partition coefficient (Wildman–Crippen LogP) is 2.39. The average Bonchev–Trinajstić information content (AvgIpc) is 2.99. The number of anilines is 2. The van der Waals surface area contributed by atoms with Gasteiger partial charge in [-0.3, -0.25) is 10.4 Å². The summed E-state index contributed by atoms with van der Waals surface area (Å²) in [4.78, 5) is 8.93. The van der Waals surface area contributed by atoms with Crippen LogP contribution in [0.5, 0.6) is 5.75 Å². The topological polar surface area (TPSA) is 76.0 Å². The van der Waals surface area contributed by atoms with Crippen LogP contribution in [-0.4, -0.2) is 58.5 Å². The van der Waals surface area contributed by atoms with Crippen LogP contribution in [-0.2, 0) is 0 Å². The molecule has 0 spiro atoms. The molecule has 1 aromatic carbocycles. The fourth-order valence-corrected chi connectivity index (χ4v) is 3.78. The van der Waals surface area contributed by atoms with E-state index in [1.807, 2.05) is 24.3 Å². The number of aromatic hydroxyl groups is 1. The Balaban J connectivity index is 1.37. The van der Waals surface area contributed by atoms with Crippen molar-refractivity contribution < 1.29 is 5.11 Å². The molecule has 8 heteroatoms. The van der Waals surface area contributed by atoms with Crippen LogP contribution in [0.2, 0.25) is 0 Å². The SMILES string of the molecule is Oc1ccc(N2CCCN(C(=S)N/N=C3/CCNc4cccnc43)CC2)cc1. The fourth-order valence-electron chi connectivity index (χ4n) is 3.55. The van der Waals surface area contributed by atoms with Gasteiger partial charge in [0.05, 0.1) is 11.4 Å². The van der Waals surface area contributed by atoms with Gasteiger partial charge >= 0.3 is 0 Å². The molecule has 0 atom stereocenters. The Bertz CT molecular complexity index is 869. The lowest BCUT2D eigenvalue weighted by atomic mass is 10.1. The summed E-state index contributed by atoms with van der Waals surface area (Å²) in [6.45, 7) is 4.39. The number of hydrogen-bond acceptors (Lipinski definition) is 6. The number of nitrogens with one attached hydrogen (secondary N) is 2. The second kappa shape index (κ2) is 8.43. The van der Waals surface area contributed by atoms with Crippen molar-refractivity contribution in [2.24, 2.45) is 5.10 Å². The highest BCUT2D eigenvalue weighted by atomic mass is 32.1. The highest BCUT2D eigenvalue weighted by Gasteiger charge is 2.19. The second-order valence-corrected chi connectivity index (χ2v) is 7.28. The lowest BCUT2D eigenvalue weighted by Gasteiger charge is -2.25. The van der Waals surface area contributed by atoms with Gasteiger partial charge in [-0.15, -0.1) is 0 Å². The Labute approximate surface area is 170 Å². The first-order chi connectivity index (χ1) is 13.7. The zero-order valence-corrected chi connectivity index (χ0v) is 16.5. The molecule has 0 aliphatic carbocycles. The Morgan fingerprint density at radius 1 is 1.14 bits per heavy atom. The van der Waals surface area contributed by atoms with Gasteiger partial charge in [0, 0.05) is 51.0 Å². The van der Waals surface area contributed by atoms with Crippen LogP contribution in [0, 0.1) is 0 Å². The minimum atomic E-state index is 0.290. The number of phenolic OH excluding ortho intramolecular Hbond substituents is 1. The molecule has 3 N–H and O–H groups in total. The number of benzene rings is 1. The first-order valence-corrected chi connectivity index (χ1v) is 9.96. The van der Waals surface area contributed by atoms with Crippen LogP contribution < -0.4 is 15.6 Å². The minimum Gasteiger partial charge on any atom is -0.508 e. The maximum atomic E-state index is 9.48. The molecule has 0 amide bonds. The summed E-state index contributed by atoms with van der Waals surface area (Å²) in [5, 5.41) is 18.0. The normalized spacial score (nSPS) is 18.2. The van der Waals surface area contributed by atoms with Crippen molar-refractivity contribution in [3.8, 4) is 5.75 Å². The van der Waals surface area contributed by atoms with Gasteiger partial charge in [0.15, 0.2) is 5.11 Å².